The first-order valence-corrected chi connectivity index (χ1v) is 8.93. The number of carbonyl (C=O) groups excluding carboxylic acids is 3. The minimum absolute atomic E-state index is 0.299. The zero-order valence-corrected chi connectivity index (χ0v) is 15.6. The fraction of sp³-hybridized carbons (Fsp3) is 0.211. The Morgan fingerprint density at radius 2 is 1.92 bits per heavy atom. The van der Waals surface area contributed by atoms with Gasteiger partial charge in [-0.1, -0.05) is 17.7 Å². The van der Waals surface area contributed by atoms with Gasteiger partial charge < -0.3 is 10.3 Å². The number of hydrogen-bond donors (Lipinski definition) is 2. The van der Waals surface area contributed by atoms with Gasteiger partial charge in [0, 0.05) is 17.6 Å². The van der Waals surface area contributed by atoms with Crippen molar-refractivity contribution in [1.29, 1.82) is 0 Å². The summed E-state index contributed by atoms with van der Waals surface area (Å²) in [5.74, 6) is -0.856. The summed E-state index contributed by atoms with van der Waals surface area (Å²) >= 11 is 0.835. The molecule has 0 spiro atoms. The summed E-state index contributed by atoms with van der Waals surface area (Å²) in [5.41, 5.74) is 4.44. The number of benzene rings is 1. The number of carbonyl (C=O) groups is 3. The van der Waals surface area contributed by atoms with Gasteiger partial charge in [-0.05, 0) is 61.9 Å². The molecule has 1 fully saturated rings. The van der Waals surface area contributed by atoms with Crippen molar-refractivity contribution in [3.8, 4) is 0 Å². The Kier molecular flexibility index (Phi) is 4.99. The van der Waals surface area contributed by atoms with Gasteiger partial charge in [0.25, 0.3) is 11.1 Å². The van der Waals surface area contributed by atoms with E-state index in [-0.39, 0.29) is 6.54 Å². The highest BCUT2D eigenvalue weighted by Crippen LogP contribution is 2.32. The lowest BCUT2D eigenvalue weighted by atomic mass is 10.1. The summed E-state index contributed by atoms with van der Waals surface area (Å²) in [7, 11) is 0. The average molecular weight is 369 g/mol. The predicted octanol–water partition coefficient (Wildman–Crippen LogP) is 3.61. The third kappa shape index (κ3) is 3.72. The van der Waals surface area contributed by atoms with Crippen LogP contribution in [0.5, 0.6) is 0 Å². The molecule has 2 heterocycles. The van der Waals surface area contributed by atoms with Crippen molar-refractivity contribution in [2.45, 2.75) is 20.8 Å². The summed E-state index contributed by atoms with van der Waals surface area (Å²) < 4.78 is 0. The summed E-state index contributed by atoms with van der Waals surface area (Å²) in [6, 6.07) is 7.54. The number of imide groups is 1. The third-order valence-electron chi connectivity index (χ3n) is 4.03. The van der Waals surface area contributed by atoms with Gasteiger partial charge in [0.05, 0.1) is 4.91 Å². The quantitative estimate of drug-likeness (QED) is 0.807. The molecule has 1 aliphatic rings. The normalized spacial score (nSPS) is 15.8. The van der Waals surface area contributed by atoms with Gasteiger partial charge in [-0.15, -0.1) is 0 Å². The molecule has 6 nitrogen and oxygen atoms in total. The molecule has 7 heteroatoms. The van der Waals surface area contributed by atoms with Crippen LogP contribution in [0.1, 0.15) is 22.4 Å². The average Bonchev–Trinajstić information content (AvgIpc) is 3.15. The van der Waals surface area contributed by atoms with Gasteiger partial charge in [0.1, 0.15) is 6.54 Å². The summed E-state index contributed by atoms with van der Waals surface area (Å²) in [4.78, 5) is 41.2. The Bertz CT molecular complexity index is 893. The van der Waals surface area contributed by atoms with E-state index in [1.54, 1.807) is 24.4 Å². The Balaban J connectivity index is 1.72. The first-order chi connectivity index (χ1) is 12.3. The van der Waals surface area contributed by atoms with Crippen molar-refractivity contribution in [3.05, 3.63) is 57.8 Å². The van der Waals surface area contributed by atoms with Gasteiger partial charge in [-0.2, -0.15) is 0 Å². The number of rotatable bonds is 4. The molecule has 2 N–H and O–H groups in total. The molecule has 2 aromatic rings. The molecule has 3 rings (SSSR count). The van der Waals surface area contributed by atoms with E-state index in [4.69, 9.17) is 0 Å². The molecule has 1 aliphatic heterocycles. The second-order valence-electron chi connectivity index (χ2n) is 6.22. The van der Waals surface area contributed by atoms with Gasteiger partial charge in [0.2, 0.25) is 5.91 Å². The number of hydrogen-bond acceptors (Lipinski definition) is 4. The molecule has 1 aromatic heterocycles. The fourth-order valence-electron chi connectivity index (χ4n) is 2.91. The second kappa shape index (κ2) is 7.21. The van der Waals surface area contributed by atoms with Crippen LogP contribution in [0.3, 0.4) is 0 Å². The minimum Gasteiger partial charge on any atom is -0.362 e. The number of aromatic nitrogens is 1. The molecule has 1 saturated heterocycles. The maximum atomic E-state index is 12.4. The molecule has 3 amide bonds. The monoisotopic (exact) mass is 369 g/mol. The van der Waals surface area contributed by atoms with Crippen LogP contribution in [0.15, 0.2) is 35.4 Å². The number of amides is 3. The van der Waals surface area contributed by atoms with Crippen molar-refractivity contribution < 1.29 is 14.4 Å². The van der Waals surface area contributed by atoms with Crippen molar-refractivity contribution in [2.24, 2.45) is 0 Å². The molecule has 0 unspecified atom stereocenters. The Morgan fingerprint density at radius 3 is 2.54 bits per heavy atom. The minimum atomic E-state index is -0.456. The van der Waals surface area contributed by atoms with Crippen molar-refractivity contribution in [1.82, 2.24) is 9.88 Å². The highest BCUT2D eigenvalue weighted by molar-refractivity contribution is 8.18. The zero-order valence-electron chi connectivity index (χ0n) is 14.8. The molecule has 0 bridgehead atoms. The highest BCUT2D eigenvalue weighted by Gasteiger charge is 2.36. The van der Waals surface area contributed by atoms with E-state index in [2.05, 4.69) is 10.3 Å². The maximum absolute atomic E-state index is 12.4. The SMILES string of the molecule is Cc1cc(C)c(NC(=O)CN2C(=O)S/C(=C/c3ccc[nH]3)C2=O)c(C)c1. The zero-order chi connectivity index (χ0) is 18.8. The van der Waals surface area contributed by atoms with E-state index in [0.717, 1.165) is 44.7 Å². The predicted molar refractivity (Wildman–Crippen MR) is 103 cm³/mol. The van der Waals surface area contributed by atoms with E-state index in [1.807, 2.05) is 32.9 Å². The van der Waals surface area contributed by atoms with Crippen LogP contribution in [-0.2, 0) is 9.59 Å². The lowest BCUT2D eigenvalue weighted by Crippen LogP contribution is -2.36. The molecule has 134 valence electrons. The number of aryl methyl sites for hydroxylation is 3. The summed E-state index contributed by atoms with van der Waals surface area (Å²) in [5, 5.41) is 2.37. The topological polar surface area (TPSA) is 82.3 Å². The van der Waals surface area contributed by atoms with Gasteiger partial charge in [-0.3, -0.25) is 19.3 Å². The Labute approximate surface area is 155 Å². The van der Waals surface area contributed by atoms with E-state index in [9.17, 15) is 14.4 Å². The van der Waals surface area contributed by atoms with Crippen LogP contribution < -0.4 is 5.32 Å². The first-order valence-electron chi connectivity index (χ1n) is 8.11. The second-order valence-corrected chi connectivity index (χ2v) is 7.21. The maximum Gasteiger partial charge on any atom is 0.294 e. The van der Waals surface area contributed by atoms with E-state index >= 15 is 0 Å². The molecule has 26 heavy (non-hydrogen) atoms. The molecule has 0 atom stereocenters. The Hall–Kier alpha value is -2.80. The van der Waals surface area contributed by atoms with Crippen LogP contribution in [0.2, 0.25) is 0 Å². The number of thioether (sulfide) groups is 1. The van der Waals surface area contributed by atoms with Gasteiger partial charge in [-0.25, -0.2) is 0 Å². The van der Waals surface area contributed by atoms with Crippen molar-refractivity contribution in [3.63, 3.8) is 0 Å². The molecule has 0 aliphatic carbocycles. The highest BCUT2D eigenvalue weighted by atomic mass is 32.2. The van der Waals surface area contributed by atoms with E-state index < -0.39 is 17.1 Å². The lowest BCUT2D eigenvalue weighted by Gasteiger charge is -2.15. The number of nitrogens with one attached hydrogen (secondary N) is 2. The first kappa shape index (κ1) is 18.0. The van der Waals surface area contributed by atoms with Gasteiger partial charge in [0.15, 0.2) is 0 Å². The number of aromatic amines is 1. The van der Waals surface area contributed by atoms with Crippen LogP contribution in [0.25, 0.3) is 6.08 Å². The molecular formula is C19H19N3O3S. The van der Waals surface area contributed by atoms with Gasteiger partial charge >= 0.3 is 0 Å². The summed E-state index contributed by atoms with van der Waals surface area (Å²) in [6.07, 6.45) is 3.34. The van der Waals surface area contributed by atoms with Crippen molar-refractivity contribution >= 4 is 40.6 Å². The number of nitrogens with zero attached hydrogens (tertiary/aromatic N) is 1. The van der Waals surface area contributed by atoms with Crippen LogP contribution >= 0.6 is 11.8 Å². The Morgan fingerprint density at radius 1 is 1.23 bits per heavy atom. The molecular weight excluding hydrogens is 350 g/mol. The third-order valence-corrected chi connectivity index (χ3v) is 4.93. The summed E-state index contributed by atoms with van der Waals surface area (Å²) in [6.45, 7) is 5.51. The van der Waals surface area contributed by atoms with E-state index in [1.165, 1.54) is 0 Å². The van der Waals surface area contributed by atoms with E-state index in [0.29, 0.717) is 4.91 Å². The van der Waals surface area contributed by atoms with Crippen LogP contribution in [0.4, 0.5) is 10.5 Å². The lowest BCUT2D eigenvalue weighted by molar-refractivity contribution is -0.127. The number of anilines is 1. The molecule has 1 aromatic carbocycles. The van der Waals surface area contributed by atoms with Crippen molar-refractivity contribution in [2.75, 3.05) is 11.9 Å². The molecule has 0 saturated carbocycles. The smallest absolute Gasteiger partial charge is 0.294 e. The number of H-pyrrole nitrogens is 1. The largest absolute Gasteiger partial charge is 0.362 e. The molecule has 0 radical (unpaired) electrons. The van der Waals surface area contributed by atoms with Crippen LogP contribution in [0, 0.1) is 20.8 Å². The fourth-order valence-corrected chi connectivity index (χ4v) is 3.74. The standard InChI is InChI=1S/C19H19N3O3S/c1-11-7-12(2)17(13(3)8-11)21-16(23)10-22-18(24)15(26-19(22)25)9-14-5-4-6-20-14/h4-9,20H,10H2,1-3H3,(H,21,23)/b15-9+. The van der Waals surface area contributed by atoms with Crippen LogP contribution in [-0.4, -0.2) is 33.5 Å².